The fraction of sp³-hybridized carbons (Fsp3) is 0.656. The number of carbonyl (C=O) groups excluding carboxylic acids is 1. The lowest BCUT2D eigenvalue weighted by molar-refractivity contribution is -0.0386. The van der Waals surface area contributed by atoms with E-state index in [9.17, 15) is 4.79 Å². The number of ether oxygens (including phenoxy) is 1. The number of nitrogen functional groups attached to an aromatic ring is 1. The van der Waals surface area contributed by atoms with Crippen LogP contribution in [-0.2, 0) is 23.1 Å². The molecule has 0 spiro atoms. The van der Waals surface area contributed by atoms with Crippen molar-refractivity contribution in [1.29, 1.82) is 0 Å². The number of hydrogen-bond acceptors (Lipinski definition) is 10. The maximum Gasteiger partial charge on any atom is 0.278 e. The molecule has 0 bridgehead atoms. The van der Waals surface area contributed by atoms with E-state index in [-0.39, 0.29) is 23.5 Å². The van der Waals surface area contributed by atoms with E-state index in [0.29, 0.717) is 36.4 Å². The Labute approximate surface area is 263 Å². The van der Waals surface area contributed by atoms with E-state index in [1.54, 1.807) is 6.20 Å². The normalized spacial score (nSPS) is 22.8. The van der Waals surface area contributed by atoms with E-state index >= 15 is 0 Å². The second-order valence-corrected chi connectivity index (χ2v) is 14.4. The monoisotopic (exact) mass is 619 g/mol. The van der Waals surface area contributed by atoms with Crippen molar-refractivity contribution in [2.75, 3.05) is 30.7 Å². The molecule has 7 rings (SSSR count). The molecule has 5 heterocycles. The Hall–Kier alpha value is -2.93. The molecule has 11 nitrogen and oxygen atoms in total. The van der Waals surface area contributed by atoms with Gasteiger partial charge < -0.3 is 20.7 Å². The van der Waals surface area contributed by atoms with Crippen LogP contribution in [0.5, 0.6) is 0 Å². The van der Waals surface area contributed by atoms with Crippen LogP contribution in [0.1, 0.15) is 112 Å². The number of carbonyl (C=O) groups is 1. The highest BCUT2D eigenvalue weighted by molar-refractivity contribution is 7.14. The average Bonchev–Trinajstić information content (AvgIpc) is 3.67. The van der Waals surface area contributed by atoms with Crippen molar-refractivity contribution in [3.8, 4) is 11.4 Å². The zero-order valence-electron chi connectivity index (χ0n) is 26.0. The zero-order valence-corrected chi connectivity index (χ0v) is 26.8. The van der Waals surface area contributed by atoms with Gasteiger partial charge in [-0.2, -0.15) is 5.10 Å². The summed E-state index contributed by atoms with van der Waals surface area (Å²) in [6, 6.07) is 1.31. The quantitative estimate of drug-likeness (QED) is 0.332. The summed E-state index contributed by atoms with van der Waals surface area (Å²) < 4.78 is 8.01. The summed E-state index contributed by atoms with van der Waals surface area (Å²) in [6.45, 7) is 8.02. The van der Waals surface area contributed by atoms with Gasteiger partial charge in [0.25, 0.3) is 5.91 Å². The third kappa shape index (κ3) is 6.01. The minimum absolute atomic E-state index is 0.205. The Balaban J connectivity index is 1.05. The van der Waals surface area contributed by atoms with E-state index in [1.807, 2.05) is 10.1 Å². The topological polar surface area (TPSA) is 136 Å². The third-order valence-electron chi connectivity index (χ3n) is 9.94. The van der Waals surface area contributed by atoms with Gasteiger partial charge in [0.05, 0.1) is 17.1 Å². The molecule has 0 aromatic carbocycles. The first-order valence-corrected chi connectivity index (χ1v) is 17.3. The van der Waals surface area contributed by atoms with E-state index in [1.165, 1.54) is 69.4 Å². The first-order valence-electron chi connectivity index (χ1n) is 16.5. The molecule has 3 fully saturated rings. The molecule has 1 saturated carbocycles. The predicted octanol–water partition coefficient (Wildman–Crippen LogP) is 5.05. The molecule has 2 aliphatic heterocycles. The number of rotatable bonds is 7. The molecular formula is C32H45N9O2S. The molecule has 44 heavy (non-hydrogen) atoms. The molecule has 2 saturated heterocycles. The highest BCUT2D eigenvalue weighted by atomic mass is 32.1. The maximum atomic E-state index is 13.9. The predicted molar refractivity (Wildman–Crippen MR) is 172 cm³/mol. The van der Waals surface area contributed by atoms with Crippen molar-refractivity contribution in [1.82, 2.24) is 34.9 Å². The lowest BCUT2D eigenvalue weighted by Crippen LogP contribution is -2.47. The van der Waals surface area contributed by atoms with Crippen LogP contribution in [-0.4, -0.2) is 67.3 Å². The molecule has 3 aromatic rings. The van der Waals surface area contributed by atoms with Gasteiger partial charge in [0.15, 0.2) is 17.1 Å². The van der Waals surface area contributed by atoms with E-state index in [4.69, 9.17) is 20.6 Å². The van der Waals surface area contributed by atoms with Crippen LogP contribution in [0, 0.1) is 0 Å². The Morgan fingerprint density at radius 1 is 1.09 bits per heavy atom. The molecule has 4 aliphatic rings. The minimum Gasteiger partial charge on any atom is -0.368 e. The van der Waals surface area contributed by atoms with Gasteiger partial charge in [-0.15, -0.1) is 11.3 Å². The molecule has 4 N–H and O–H groups in total. The zero-order chi connectivity index (χ0) is 30.3. The van der Waals surface area contributed by atoms with Gasteiger partial charge in [0.1, 0.15) is 0 Å². The third-order valence-corrected chi connectivity index (χ3v) is 10.7. The Morgan fingerprint density at radius 2 is 1.89 bits per heavy atom. The number of likely N-dealkylation sites (tertiary alicyclic amines) is 1. The number of fused-ring (bicyclic) bond motifs is 3. The number of hydrogen-bond donors (Lipinski definition) is 3. The number of aromatic nitrogens is 5. The second kappa shape index (κ2) is 12.5. The summed E-state index contributed by atoms with van der Waals surface area (Å²) in [6.07, 6.45) is 14.4. The molecule has 236 valence electrons. The fourth-order valence-electron chi connectivity index (χ4n) is 7.67. The van der Waals surface area contributed by atoms with Crippen LogP contribution in [0.3, 0.4) is 0 Å². The summed E-state index contributed by atoms with van der Waals surface area (Å²) in [5.74, 6) is -0.0604. The van der Waals surface area contributed by atoms with Gasteiger partial charge in [0, 0.05) is 42.4 Å². The second-order valence-electron chi connectivity index (χ2n) is 13.6. The van der Waals surface area contributed by atoms with Gasteiger partial charge in [-0.3, -0.25) is 10.1 Å². The Morgan fingerprint density at radius 3 is 2.66 bits per heavy atom. The molecule has 0 radical (unpaired) electrons. The summed E-state index contributed by atoms with van der Waals surface area (Å²) >= 11 is 1.45. The van der Waals surface area contributed by atoms with E-state index in [0.717, 1.165) is 53.5 Å². The summed E-state index contributed by atoms with van der Waals surface area (Å²) in [5, 5.41) is 14.3. The lowest BCUT2D eigenvalue weighted by atomic mass is 9.73. The van der Waals surface area contributed by atoms with Gasteiger partial charge >= 0.3 is 0 Å². The van der Waals surface area contributed by atoms with E-state index < -0.39 is 0 Å². The standard InChI is InChI=1S/C32H45N9O2S/c1-32(2)16-20-17-35-30(33)37-26(20)28-25(32)27(39-41(28)24-10-6-7-15-43-24)29(42)38-31-36-22(19-44-31)18-34-21-11-13-40(14-12-21)23-8-4-3-5-9-23/h17,19,21,23-24,34H,3-16,18H2,1-2H3,(H2,33,35,37)(H,36,38,42). The van der Waals surface area contributed by atoms with Crippen molar-refractivity contribution >= 4 is 28.3 Å². The molecular weight excluding hydrogens is 574 g/mol. The average molecular weight is 620 g/mol. The molecule has 2 aliphatic carbocycles. The number of nitrogens with one attached hydrogen (secondary N) is 2. The summed E-state index contributed by atoms with van der Waals surface area (Å²) in [5.41, 5.74) is 10.4. The molecule has 1 unspecified atom stereocenters. The van der Waals surface area contributed by atoms with Crippen molar-refractivity contribution in [2.24, 2.45) is 0 Å². The minimum atomic E-state index is -0.369. The number of thiazole rings is 1. The maximum absolute atomic E-state index is 13.9. The number of nitrogens with two attached hydrogens (primary N) is 1. The molecule has 12 heteroatoms. The Kier molecular flexibility index (Phi) is 8.43. The van der Waals surface area contributed by atoms with Gasteiger partial charge in [0.2, 0.25) is 5.95 Å². The van der Waals surface area contributed by atoms with Gasteiger partial charge in [-0.25, -0.2) is 19.6 Å². The van der Waals surface area contributed by atoms with Crippen LogP contribution in [0.25, 0.3) is 11.4 Å². The van der Waals surface area contributed by atoms with Crippen LogP contribution in [0.4, 0.5) is 11.1 Å². The first-order chi connectivity index (χ1) is 21.4. The molecule has 1 amide bonds. The largest absolute Gasteiger partial charge is 0.368 e. The fourth-order valence-corrected chi connectivity index (χ4v) is 8.38. The van der Waals surface area contributed by atoms with Crippen molar-refractivity contribution in [3.05, 3.63) is 34.1 Å². The van der Waals surface area contributed by atoms with Crippen molar-refractivity contribution < 1.29 is 9.53 Å². The van der Waals surface area contributed by atoms with Crippen LogP contribution < -0.4 is 16.4 Å². The van der Waals surface area contributed by atoms with Gasteiger partial charge in [-0.1, -0.05) is 33.1 Å². The molecule has 3 aromatic heterocycles. The van der Waals surface area contributed by atoms with Gasteiger partial charge in [-0.05, 0) is 75.4 Å². The number of piperidine rings is 1. The highest BCUT2D eigenvalue weighted by Gasteiger charge is 2.42. The summed E-state index contributed by atoms with van der Waals surface area (Å²) in [4.78, 5) is 30.2. The SMILES string of the molecule is CC1(C)Cc2cnc(N)nc2-c2c1c(C(=O)Nc1nc(CNC3CCN(C4CCCCC4)CC3)cs1)nn2C1CCCCO1. The lowest BCUT2D eigenvalue weighted by Gasteiger charge is -2.39. The van der Waals surface area contributed by atoms with Crippen molar-refractivity contribution in [3.63, 3.8) is 0 Å². The van der Waals surface area contributed by atoms with Crippen LogP contribution in [0.2, 0.25) is 0 Å². The summed E-state index contributed by atoms with van der Waals surface area (Å²) in [7, 11) is 0. The van der Waals surface area contributed by atoms with Crippen molar-refractivity contribution in [2.45, 2.75) is 115 Å². The van der Waals surface area contributed by atoms with Crippen LogP contribution >= 0.6 is 11.3 Å². The number of anilines is 2. The smallest absolute Gasteiger partial charge is 0.278 e. The number of nitrogens with zero attached hydrogens (tertiary/aromatic N) is 6. The molecule has 1 atom stereocenters. The van der Waals surface area contributed by atoms with Crippen LogP contribution in [0.15, 0.2) is 11.6 Å². The first kappa shape index (κ1) is 29.8. The Bertz CT molecular complexity index is 1480. The van der Waals surface area contributed by atoms with E-state index in [2.05, 4.69) is 39.3 Å². The number of amides is 1. The highest BCUT2D eigenvalue weighted by Crippen LogP contribution is 2.46.